The number of halogens is 2. The molecule has 37 heavy (non-hydrogen) atoms. The van der Waals surface area contributed by atoms with E-state index in [0.29, 0.717) is 86.8 Å². The van der Waals surface area contributed by atoms with Crippen LogP contribution in [0.4, 0.5) is 19.4 Å². The fraction of sp³-hybridized carbons (Fsp3) is 0.538. The molecule has 0 N–H and O–H groups in total. The average molecular weight is 515 g/mol. The van der Waals surface area contributed by atoms with Crippen LogP contribution in [0.3, 0.4) is 0 Å². The van der Waals surface area contributed by atoms with Crippen LogP contribution in [0.2, 0.25) is 0 Å². The Morgan fingerprint density at radius 3 is 2.70 bits per heavy atom. The highest BCUT2D eigenvalue weighted by atomic mass is 19.3. The first kappa shape index (κ1) is 25.3. The van der Waals surface area contributed by atoms with E-state index < -0.39 is 6.43 Å². The predicted octanol–water partition coefficient (Wildman–Crippen LogP) is 4.39. The molecule has 2 fully saturated rings. The SMILES string of the molecule is CCOC(=O)N1CC[C@H](CCCc2nc(N3CCOCC3)cc(-n3c(C(F)F)nc4ccccc43)n2)C1. The van der Waals surface area contributed by atoms with Gasteiger partial charge in [0.05, 0.1) is 30.9 Å². The zero-order valence-corrected chi connectivity index (χ0v) is 21.0. The molecule has 198 valence electrons. The van der Waals surface area contributed by atoms with Gasteiger partial charge in [0.25, 0.3) is 6.43 Å². The standard InChI is InChI=1S/C26H32F2N6O3/c1-2-37-26(35)33-11-10-18(17-33)6-5-9-21-30-22(32-12-14-36-15-13-32)16-23(31-21)34-20-8-4-3-7-19(20)29-25(34)24(27)28/h3-4,7-8,16,18,24H,2,5-6,9-15,17H2,1H3/t18-/m0/s1. The van der Waals surface area contributed by atoms with Gasteiger partial charge in [-0.25, -0.2) is 28.5 Å². The smallest absolute Gasteiger partial charge is 0.409 e. The number of hydrogen-bond acceptors (Lipinski definition) is 7. The van der Waals surface area contributed by atoms with E-state index in [4.69, 9.17) is 19.4 Å². The molecular weight excluding hydrogens is 482 g/mol. The van der Waals surface area contributed by atoms with Crippen LogP contribution in [0.1, 0.15) is 44.3 Å². The lowest BCUT2D eigenvalue weighted by atomic mass is 10.0. The first-order valence-electron chi connectivity index (χ1n) is 12.9. The minimum absolute atomic E-state index is 0.251. The number of ether oxygens (including phenoxy) is 2. The van der Waals surface area contributed by atoms with Crippen molar-refractivity contribution in [1.82, 2.24) is 24.4 Å². The number of aromatic nitrogens is 4. The maximum absolute atomic E-state index is 14.0. The first-order chi connectivity index (χ1) is 18.0. The van der Waals surface area contributed by atoms with Gasteiger partial charge in [0.15, 0.2) is 5.82 Å². The fourth-order valence-electron chi connectivity index (χ4n) is 5.08. The number of rotatable bonds is 8. The maximum atomic E-state index is 14.0. The third kappa shape index (κ3) is 5.66. The van der Waals surface area contributed by atoms with Crippen LogP contribution in [-0.2, 0) is 15.9 Å². The number of carbonyl (C=O) groups is 1. The molecule has 2 aliphatic heterocycles. The summed E-state index contributed by atoms with van der Waals surface area (Å²) in [5, 5.41) is 0. The first-order valence-corrected chi connectivity index (χ1v) is 12.9. The number of nitrogens with zero attached hydrogens (tertiary/aromatic N) is 6. The quantitative estimate of drug-likeness (QED) is 0.441. The molecule has 0 radical (unpaired) electrons. The van der Waals surface area contributed by atoms with Crippen LogP contribution < -0.4 is 4.90 Å². The summed E-state index contributed by atoms with van der Waals surface area (Å²) in [4.78, 5) is 29.6. The second-order valence-electron chi connectivity index (χ2n) is 9.39. The molecule has 0 unspecified atom stereocenters. The van der Waals surface area contributed by atoms with Crippen molar-refractivity contribution < 1.29 is 23.0 Å². The highest BCUT2D eigenvalue weighted by molar-refractivity contribution is 5.78. The molecule has 1 atom stereocenters. The highest BCUT2D eigenvalue weighted by Crippen LogP contribution is 2.29. The Hall–Kier alpha value is -3.34. The summed E-state index contributed by atoms with van der Waals surface area (Å²) in [7, 11) is 0. The summed E-state index contributed by atoms with van der Waals surface area (Å²) in [6, 6.07) is 8.86. The van der Waals surface area contributed by atoms with Gasteiger partial charge in [0, 0.05) is 38.7 Å². The molecule has 0 bridgehead atoms. The number of morpholine rings is 1. The van der Waals surface area contributed by atoms with Gasteiger partial charge in [0.1, 0.15) is 17.5 Å². The number of alkyl halides is 2. The van der Waals surface area contributed by atoms with Crippen LogP contribution in [0.15, 0.2) is 30.3 Å². The fourth-order valence-corrected chi connectivity index (χ4v) is 5.08. The van der Waals surface area contributed by atoms with Crippen molar-refractivity contribution in [3.63, 3.8) is 0 Å². The van der Waals surface area contributed by atoms with Crippen LogP contribution in [-0.4, -0.2) is 76.5 Å². The Kier molecular flexibility index (Phi) is 7.78. The number of anilines is 1. The van der Waals surface area contributed by atoms with Crippen LogP contribution >= 0.6 is 0 Å². The number of aryl methyl sites for hydroxylation is 1. The molecule has 0 spiro atoms. The van der Waals surface area contributed by atoms with Gasteiger partial charge in [-0.05, 0) is 44.2 Å². The number of hydrogen-bond donors (Lipinski definition) is 0. The molecule has 2 aliphatic rings. The van der Waals surface area contributed by atoms with Crippen molar-refractivity contribution in [2.75, 3.05) is 50.9 Å². The summed E-state index contributed by atoms with van der Waals surface area (Å²) in [5.41, 5.74) is 1.08. The van der Waals surface area contributed by atoms with Crippen LogP contribution in [0.5, 0.6) is 0 Å². The Bertz CT molecular complexity index is 1230. The molecule has 0 aliphatic carbocycles. The maximum Gasteiger partial charge on any atom is 0.409 e. The Morgan fingerprint density at radius 1 is 1.14 bits per heavy atom. The van der Waals surface area contributed by atoms with E-state index in [9.17, 15) is 13.6 Å². The molecule has 11 heteroatoms. The normalized spacial score (nSPS) is 18.2. The molecule has 0 saturated carbocycles. The molecule has 3 aromatic rings. The number of para-hydroxylation sites is 2. The zero-order chi connectivity index (χ0) is 25.8. The third-order valence-corrected chi connectivity index (χ3v) is 6.92. The number of carbonyl (C=O) groups excluding carboxylic acids is 1. The summed E-state index contributed by atoms with van der Waals surface area (Å²) in [6.07, 6.45) is 0.308. The van der Waals surface area contributed by atoms with Gasteiger partial charge < -0.3 is 19.3 Å². The van der Waals surface area contributed by atoms with E-state index >= 15 is 0 Å². The van der Waals surface area contributed by atoms with E-state index in [1.165, 1.54) is 4.57 Å². The van der Waals surface area contributed by atoms with Gasteiger partial charge in [0.2, 0.25) is 0 Å². The molecular formula is C26H32F2N6O3. The summed E-state index contributed by atoms with van der Waals surface area (Å²) >= 11 is 0. The largest absolute Gasteiger partial charge is 0.450 e. The number of imidazole rings is 1. The monoisotopic (exact) mass is 514 g/mol. The van der Waals surface area contributed by atoms with E-state index in [1.54, 1.807) is 29.2 Å². The molecule has 1 aromatic carbocycles. The molecule has 2 aromatic heterocycles. The van der Waals surface area contributed by atoms with E-state index in [0.717, 1.165) is 19.3 Å². The number of fused-ring (bicyclic) bond motifs is 1. The summed E-state index contributed by atoms with van der Waals surface area (Å²) in [6.45, 7) is 6.10. The van der Waals surface area contributed by atoms with E-state index in [-0.39, 0.29) is 11.9 Å². The molecule has 9 nitrogen and oxygen atoms in total. The van der Waals surface area contributed by atoms with Gasteiger partial charge >= 0.3 is 6.09 Å². The molecule has 4 heterocycles. The lowest BCUT2D eigenvalue weighted by Crippen LogP contribution is -2.37. The van der Waals surface area contributed by atoms with Crippen molar-refractivity contribution >= 4 is 22.9 Å². The summed E-state index contributed by atoms with van der Waals surface area (Å²) in [5.74, 6) is 1.77. The highest BCUT2D eigenvalue weighted by Gasteiger charge is 2.27. The molecule has 2 saturated heterocycles. The van der Waals surface area contributed by atoms with Crippen molar-refractivity contribution in [2.24, 2.45) is 5.92 Å². The second-order valence-corrected chi connectivity index (χ2v) is 9.39. The molecule has 1 amide bonds. The van der Waals surface area contributed by atoms with Gasteiger partial charge in [-0.3, -0.25) is 4.57 Å². The number of amides is 1. The van der Waals surface area contributed by atoms with E-state index in [1.807, 2.05) is 13.0 Å². The zero-order valence-electron chi connectivity index (χ0n) is 21.0. The predicted molar refractivity (Wildman–Crippen MR) is 134 cm³/mol. The van der Waals surface area contributed by atoms with Gasteiger partial charge in [-0.1, -0.05) is 12.1 Å². The minimum atomic E-state index is -2.75. The lowest BCUT2D eigenvalue weighted by Gasteiger charge is -2.28. The third-order valence-electron chi connectivity index (χ3n) is 6.92. The molecule has 5 rings (SSSR count). The van der Waals surface area contributed by atoms with Gasteiger partial charge in [-0.15, -0.1) is 0 Å². The van der Waals surface area contributed by atoms with Crippen molar-refractivity contribution in [3.05, 3.63) is 42.0 Å². The Labute approximate surface area is 214 Å². The van der Waals surface area contributed by atoms with Crippen LogP contribution in [0.25, 0.3) is 16.9 Å². The van der Waals surface area contributed by atoms with Crippen molar-refractivity contribution in [3.8, 4) is 5.82 Å². The Morgan fingerprint density at radius 2 is 1.92 bits per heavy atom. The lowest BCUT2D eigenvalue weighted by molar-refractivity contribution is 0.114. The summed E-state index contributed by atoms with van der Waals surface area (Å²) < 4.78 is 40.1. The number of benzene rings is 1. The second kappa shape index (κ2) is 11.4. The minimum Gasteiger partial charge on any atom is -0.450 e. The Balaban J connectivity index is 1.39. The van der Waals surface area contributed by atoms with Crippen LogP contribution in [0, 0.1) is 5.92 Å². The average Bonchev–Trinajstić information content (AvgIpc) is 3.54. The van der Waals surface area contributed by atoms with Gasteiger partial charge in [-0.2, -0.15) is 0 Å². The van der Waals surface area contributed by atoms with Crippen molar-refractivity contribution in [1.29, 1.82) is 0 Å². The number of likely N-dealkylation sites (tertiary alicyclic amines) is 1. The van der Waals surface area contributed by atoms with Crippen molar-refractivity contribution in [2.45, 2.75) is 39.0 Å². The van der Waals surface area contributed by atoms with E-state index in [2.05, 4.69) is 9.88 Å². The topological polar surface area (TPSA) is 85.6 Å².